The number of carbonyl (C=O) groups is 1. The third kappa shape index (κ3) is 3.68. The van der Waals surface area contributed by atoms with Gasteiger partial charge in [0.15, 0.2) is 0 Å². The third-order valence-electron chi connectivity index (χ3n) is 4.12. The largest absolute Gasteiger partial charge is 0.465 e. The topological polar surface area (TPSA) is 80.0 Å². The van der Waals surface area contributed by atoms with Gasteiger partial charge in [-0.1, -0.05) is 6.07 Å². The Morgan fingerprint density at radius 2 is 1.96 bits per heavy atom. The van der Waals surface area contributed by atoms with Crippen molar-refractivity contribution in [3.63, 3.8) is 0 Å². The zero-order chi connectivity index (χ0) is 18.0. The van der Waals surface area contributed by atoms with Crippen LogP contribution in [0.25, 0.3) is 16.9 Å². The summed E-state index contributed by atoms with van der Waals surface area (Å²) in [6, 6.07) is 11.8. The molecule has 25 heavy (non-hydrogen) atoms. The summed E-state index contributed by atoms with van der Waals surface area (Å²) in [6.45, 7) is 6.17. The van der Waals surface area contributed by atoms with E-state index in [1.54, 1.807) is 4.68 Å². The Morgan fingerprint density at radius 3 is 2.68 bits per heavy atom. The Hall–Kier alpha value is -3.15. The second-order valence-electron chi connectivity index (χ2n) is 6.00. The molecule has 3 rings (SSSR count). The SMILES string of the molecule is Cc1ccc(-c2ccn(-c3ccc(C)c(CNC(=O)O)c3)n2)c(C)n1. The highest BCUT2D eigenvalue weighted by atomic mass is 16.4. The van der Waals surface area contributed by atoms with E-state index >= 15 is 0 Å². The van der Waals surface area contributed by atoms with Gasteiger partial charge in [0.05, 0.1) is 11.4 Å². The van der Waals surface area contributed by atoms with E-state index in [0.717, 1.165) is 39.5 Å². The Balaban J connectivity index is 1.92. The first kappa shape index (κ1) is 16.7. The van der Waals surface area contributed by atoms with Crippen molar-refractivity contribution < 1.29 is 9.90 Å². The molecule has 0 atom stereocenters. The highest BCUT2D eigenvalue weighted by Gasteiger charge is 2.09. The zero-order valence-electron chi connectivity index (χ0n) is 14.4. The van der Waals surface area contributed by atoms with Crippen LogP contribution in [-0.4, -0.2) is 26.0 Å². The van der Waals surface area contributed by atoms with Gasteiger partial charge in [0, 0.05) is 29.7 Å². The smallest absolute Gasteiger partial charge is 0.404 e. The van der Waals surface area contributed by atoms with Crippen molar-refractivity contribution in [3.8, 4) is 16.9 Å². The van der Waals surface area contributed by atoms with Crippen molar-refractivity contribution in [2.45, 2.75) is 27.3 Å². The molecule has 0 bridgehead atoms. The zero-order valence-corrected chi connectivity index (χ0v) is 14.4. The molecule has 2 aromatic heterocycles. The van der Waals surface area contributed by atoms with E-state index in [0.29, 0.717) is 0 Å². The first-order valence-corrected chi connectivity index (χ1v) is 8.01. The highest BCUT2D eigenvalue weighted by molar-refractivity contribution is 5.64. The molecule has 6 nitrogen and oxygen atoms in total. The number of pyridine rings is 1. The molecule has 128 valence electrons. The summed E-state index contributed by atoms with van der Waals surface area (Å²) < 4.78 is 1.79. The van der Waals surface area contributed by atoms with Gasteiger partial charge in [0.25, 0.3) is 0 Å². The molecule has 0 aliphatic rings. The van der Waals surface area contributed by atoms with Gasteiger partial charge in [-0.2, -0.15) is 5.10 Å². The maximum absolute atomic E-state index is 10.7. The molecule has 0 unspecified atom stereocenters. The van der Waals surface area contributed by atoms with Crippen LogP contribution in [0.4, 0.5) is 4.79 Å². The summed E-state index contributed by atoms with van der Waals surface area (Å²) in [7, 11) is 0. The van der Waals surface area contributed by atoms with Crippen LogP contribution in [0.5, 0.6) is 0 Å². The van der Waals surface area contributed by atoms with Crippen molar-refractivity contribution in [1.82, 2.24) is 20.1 Å². The third-order valence-corrected chi connectivity index (χ3v) is 4.12. The number of amides is 1. The molecule has 2 heterocycles. The van der Waals surface area contributed by atoms with Gasteiger partial charge in [-0.3, -0.25) is 4.98 Å². The molecule has 1 aromatic carbocycles. The van der Waals surface area contributed by atoms with Crippen molar-refractivity contribution in [2.24, 2.45) is 0 Å². The number of benzene rings is 1. The summed E-state index contributed by atoms with van der Waals surface area (Å²) in [5, 5.41) is 15.8. The van der Waals surface area contributed by atoms with Gasteiger partial charge in [-0.15, -0.1) is 0 Å². The van der Waals surface area contributed by atoms with Crippen molar-refractivity contribution in [3.05, 3.63) is 65.1 Å². The Bertz CT molecular complexity index is 931. The summed E-state index contributed by atoms with van der Waals surface area (Å²) in [6.07, 6.45) is 0.863. The summed E-state index contributed by atoms with van der Waals surface area (Å²) in [5.74, 6) is 0. The number of nitrogens with one attached hydrogen (secondary N) is 1. The molecule has 6 heteroatoms. The van der Waals surface area contributed by atoms with Crippen molar-refractivity contribution >= 4 is 6.09 Å². The maximum Gasteiger partial charge on any atom is 0.404 e. The minimum absolute atomic E-state index is 0.268. The lowest BCUT2D eigenvalue weighted by Gasteiger charge is -2.09. The van der Waals surface area contributed by atoms with Crippen LogP contribution in [-0.2, 0) is 6.54 Å². The van der Waals surface area contributed by atoms with E-state index in [1.807, 2.05) is 63.4 Å². The minimum atomic E-state index is -1.03. The van der Waals surface area contributed by atoms with Crippen LogP contribution in [0.1, 0.15) is 22.5 Å². The van der Waals surface area contributed by atoms with Crippen LogP contribution >= 0.6 is 0 Å². The van der Waals surface area contributed by atoms with Gasteiger partial charge < -0.3 is 10.4 Å². The summed E-state index contributed by atoms with van der Waals surface area (Å²) in [4.78, 5) is 15.2. The summed E-state index contributed by atoms with van der Waals surface area (Å²) in [5.41, 5.74) is 6.63. The molecule has 3 aromatic rings. The van der Waals surface area contributed by atoms with Gasteiger partial charge in [-0.25, -0.2) is 9.48 Å². The minimum Gasteiger partial charge on any atom is -0.465 e. The van der Waals surface area contributed by atoms with E-state index < -0.39 is 6.09 Å². The number of carboxylic acid groups (broad SMARTS) is 1. The molecule has 0 spiro atoms. The lowest BCUT2D eigenvalue weighted by molar-refractivity contribution is 0.194. The van der Waals surface area contributed by atoms with E-state index in [2.05, 4.69) is 15.4 Å². The summed E-state index contributed by atoms with van der Waals surface area (Å²) >= 11 is 0. The predicted octanol–water partition coefficient (Wildman–Crippen LogP) is 3.63. The fourth-order valence-electron chi connectivity index (χ4n) is 2.73. The Labute approximate surface area is 146 Å². The molecule has 0 fully saturated rings. The van der Waals surface area contributed by atoms with Gasteiger partial charge in [0.2, 0.25) is 0 Å². The normalized spacial score (nSPS) is 10.7. The molecular formula is C19H20N4O2. The number of hydrogen-bond donors (Lipinski definition) is 2. The molecule has 0 radical (unpaired) electrons. The Kier molecular flexibility index (Phi) is 4.52. The Morgan fingerprint density at radius 1 is 1.16 bits per heavy atom. The number of aromatic nitrogens is 3. The van der Waals surface area contributed by atoms with Crippen LogP contribution in [0.15, 0.2) is 42.6 Å². The van der Waals surface area contributed by atoms with Crippen LogP contribution in [0.3, 0.4) is 0 Å². The van der Waals surface area contributed by atoms with E-state index in [-0.39, 0.29) is 6.54 Å². The van der Waals surface area contributed by atoms with Crippen LogP contribution in [0, 0.1) is 20.8 Å². The first-order valence-electron chi connectivity index (χ1n) is 8.01. The first-order chi connectivity index (χ1) is 11.9. The van der Waals surface area contributed by atoms with Crippen LogP contribution in [0.2, 0.25) is 0 Å². The van der Waals surface area contributed by atoms with Gasteiger partial charge in [-0.05, 0) is 62.2 Å². The van der Waals surface area contributed by atoms with E-state index in [1.165, 1.54) is 0 Å². The lowest BCUT2D eigenvalue weighted by Crippen LogP contribution is -2.20. The quantitative estimate of drug-likeness (QED) is 0.762. The highest BCUT2D eigenvalue weighted by Crippen LogP contribution is 2.22. The van der Waals surface area contributed by atoms with Crippen molar-refractivity contribution in [1.29, 1.82) is 0 Å². The molecule has 0 aliphatic carbocycles. The molecule has 0 saturated carbocycles. The standard InChI is InChI=1S/C19H20N4O2/c1-12-4-6-16(10-15(12)11-20-19(24)25)23-9-8-18(22-23)17-7-5-13(2)21-14(17)3/h4-10,20H,11H2,1-3H3,(H,24,25). The number of aryl methyl sites for hydroxylation is 3. The second kappa shape index (κ2) is 6.76. The van der Waals surface area contributed by atoms with Crippen LogP contribution < -0.4 is 5.32 Å². The fraction of sp³-hybridized carbons (Fsp3) is 0.211. The number of rotatable bonds is 4. The molecule has 1 amide bonds. The van der Waals surface area contributed by atoms with Gasteiger partial charge in [0.1, 0.15) is 0 Å². The maximum atomic E-state index is 10.7. The number of nitrogens with zero attached hydrogens (tertiary/aromatic N) is 3. The fourth-order valence-corrected chi connectivity index (χ4v) is 2.73. The lowest BCUT2D eigenvalue weighted by atomic mass is 10.1. The molecule has 0 saturated heterocycles. The molecule has 0 aliphatic heterocycles. The van der Waals surface area contributed by atoms with E-state index in [9.17, 15) is 4.79 Å². The molecular weight excluding hydrogens is 316 g/mol. The van der Waals surface area contributed by atoms with Crippen molar-refractivity contribution in [2.75, 3.05) is 0 Å². The average Bonchev–Trinajstić information content (AvgIpc) is 3.03. The number of hydrogen-bond acceptors (Lipinski definition) is 3. The average molecular weight is 336 g/mol. The van der Waals surface area contributed by atoms with Gasteiger partial charge >= 0.3 is 6.09 Å². The second-order valence-corrected chi connectivity index (χ2v) is 6.00. The van der Waals surface area contributed by atoms with E-state index in [4.69, 9.17) is 5.11 Å². The molecule has 2 N–H and O–H groups in total. The monoisotopic (exact) mass is 336 g/mol. The predicted molar refractivity (Wildman–Crippen MR) is 95.9 cm³/mol.